The Hall–Kier alpha value is -3.75. The van der Waals surface area contributed by atoms with Gasteiger partial charge in [0.1, 0.15) is 0 Å². The van der Waals surface area contributed by atoms with E-state index in [0.717, 1.165) is 26.9 Å². The summed E-state index contributed by atoms with van der Waals surface area (Å²) >= 11 is 4.97. The highest BCUT2D eigenvalue weighted by molar-refractivity contribution is 9.10. The number of thiazole rings is 1. The van der Waals surface area contributed by atoms with Gasteiger partial charge in [0.2, 0.25) is 0 Å². The predicted molar refractivity (Wildman–Crippen MR) is 170 cm³/mol. The van der Waals surface area contributed by atoms with E-state index in [1.807, 2.05) is 85.7 Å². The SMILES string of the molecule is CCOC(=O)C1=C(c2ccccc2)N=c2s/c(=C\c3ccc(N(C)C)c(Br)c3)c(=O)n2[C@@H]1c1ccc(C(C)C)cc1. The van der Waals surface area contributed by atoms with Crippen LogP contribution < -0.4 is 19.8 Å². The topological polar surface area (TPSA) is 63.9 Å². The summed E-state index contributed by atoms with van der Waals surface area (Å²) in [6.07, 6.45) is 1.88. The molecule has 0 fully saturated rings. The highest BCUT2D eigenvalue weighted by atomic mass is 79.9. The second-order valence-electron chi connectivity index (χ2n) is 10.4. The maximum Gasteiger partial charge on any atom is 0.338 e. The molecule has 0 spiro atoms. The number of ether oxygens (including phenoxy) is 1. The predicted octanol–water partition coefficient (Wildman–Crippen LogP) is 5.89. The Morgan fingerprint density at radius 2 is 1.80 bits per heavy atom. The monoisotopic (exact) mass is 629 g/mol. The lowest BCUT2D eigenvalue weighted by Crippen LogP contribution is -2.40. The van der Waals surface area contributed by atoms with Crippen LogP contribution in [-0.4, -0.2) is 31.2 Å². The quantitative estimate of drug-likeness (QED) is 0.239. The van der Waals surface area contributed by atoms with Crippen molar-refractivity contribution >= 4 is 50.7 Å². The van der Waals surface area contributed by atoms with Crippen molar-refractivity contribution in [1.29, 1.82) is 0 Å². The molecule has 0 saturated heterocycles. The van der Waals surface area contributed by atoms with Gasteiger partial charge < -0.3 is 9.64 Å². The Labute approximate surface area is 252 Å². The lowest BCUT2D eigenvalue weighted by Gasteiger charge is -2.26. The molecule has 1 aromatic heterocycles. The second kappa shape index (κ2) is 12.0. The minimum absolute atomic E-state index is 0.201. The van der Waals surface area contributed by atoms with Crippen molar-refractivity contribution in [3.8, 4) is 0 Å². The molecule has 1 atom stereocenters. The van der Waals surface area contributed by atoms with Crippen molar-refractivity contribution in [3.63, 3.8) is 0 Å². The van der Waals surface area contributed by atoms with E-state index in [9.17, 15) is 9.59 Å². The van der Waals surface area contributed by atoms with Gasteiger partial charge in [0.05, 0.1) is 34.1 Å². The number of benzene rings is 3. The fourth-order valence-electron chi connectivity index (χ4n) is 4.95. The molecule has 0 bridgehead atoms. The van der Waals surface area contributed by atoms with Gasteiger partial charge in [-0.25, -0.2) is 9.79 Å². The van der Waals surface area contributed by atoms with Crippen LogP contribution in [0.5, 0.6) is 0 Å². The number of aromatic nitrogens is 1. The van der Waals surface area contributed by atoms with Crippen molar-refractivity contribution in [3.05, 3.63) is 125 Å². The van der Waals surface area contributed by atoms with Gasteiger partial charge in [0, 0.05) is 24.1 Å². The summed E-state index contributed by atoms with van der Waals surface area (Å²) in [6, 6.07) is 23.0. The highest BCUT2D eigenvalue weighted by Crippen LogP contribution is 2.35. The van der Waals surface area contributed by atoms with Gasteiger partial charge in [-0.05, 0) is 63.7 Å². The Morgan fingerprint density at radius 3 is 2.41 bits per heavy atom. The van der Waals surface area contributed by atoms with Crippen molar-refractivity contribution in [2.45, 2.75) is 32.7 Å². The summed E-state index contributed by atoms with van der Waals surface area (Å²) in [4.78, 5) is 35.2. The molecule has 0 aliphatic carbocycles. The van der Waals surface area contributed by atoms with Crippen molar-refractivity contribution in [1.82, 2.24) is 4.57 Å². The zero-order chi connectivity index (χ0) is 29.3. The van der Waals surface area contributed by atoms with Gasteiger partial charge in [-0.2, -0.15) is 0 Å². The van der Waals surface area contributed by atoms with Crippen molar-refractivity contribution in [2.24, 2.45) is 4.99 Å². The first-order chi connectivity index (χ1) is 19.7. The first kappa shape index (κ1) is 28.8. The van der Waals surface area contributed by atoms with Crippen LogP contribution in [0.3, 0.4) is 0 Å². The van der Waals surface area contributed by atoms with E-state index in [0.29, 0.717) is 26.5 Å². The van der Waals surface area contributed by atoms with E-state index in [2.05, 4.69) is 41.9 Å². The average molecular weight is 631 g/mol. The Bertz CT molecular complexity index is 1800. The van der Waals surface area contributed by atoms with Crippen LogP contribution in [0.4, 0.5) is 5.69 Å². The molecule has 0 amide bonds. The standard InChI is InChI=1S/C33H32BrN3O3S/c1-6-40-32(39)28-29(23-10-8-7-9-11-23)35-33-37(30(28)24-15-13-22(14-16-24)20(2)3)31(38)27(41-33)19-21-12-17-26(36(4)5)25(34)18-21/h7-20,30H,6H2,1-5H3/b27-19-/t30-/m1/s1. The van der Waals surface area contributed by atoms with E-state index in [1.54, 1.807) is 11.5 Å². The first-order valence-corrected chi connectivity index (χ1v) is 15.2. The van der Waals surface area contributed by atoms with Gasteiger partial charge in [-0.3, -0.25) is 9.36 Å². The van der Waals surface area contributed by atoms with E-state index in [4.69, 9.17) is 9.73 Å². The molecule has 2 heterocycles. The van der Waals surface area contributed by atoms with Crippen LogP contribution >= 0.6 is 27.3 Å². The van der Waals surface area contributed by atoms with Crippen LogP contribution in [-0.2, 0) is 9.53 Å². The number of fused-ring (bicyclic) bond motifs is 1. The minimum Gasteiger partial charge on any atom is -0.463 e. The smallest absolute Gasteiger partial charge is 0.338 e. The number of carbonyl (C=O) groups excluding carboxylic acids is 1. The lowest BCUT2D eigenvalue weighted by molar-refractivity contribution is -0.138. The molecule has 0 radical (unpaired) electrons. The summed E-state index contributed by atoms with van der Waals surface area (Å²) in [5.74, 6) is -0.130. The van der Waals surface area contributed by atoms with Crippen LogP contribution in [0.15, 0.2) is 92.6 Å². The van der Waals surface area contributed by atoms with Crippen LogP contribution in [0.2, 0.25) is 0 Å². The zero-order valence-corrected chi connectivity index (χ0v) is 26.1. The molecule has 0 unspecified atom stereocenters. The fourth-order valence-corrected chi connectivity index (χ4v) is 6.70. The number of halogens is 1. The average Bonchev–Trinajstić information content (AvgIpc) is 3.26. The summed E-state index contributed by atoms with van der Waals surface area (Å²) < 4.78 is 8.67. The lowest BCUT2D eigenvalue weighted by atomic mass is 9.91. The summed E-state index contributed by atoms with van der Waals surface area (Å²) in [5.41, 5.74) is 5.40. The summed E-state index contributed by atoms with van der Waals surface area (Å²) in [6.45, 7) is 6.27. The van der Waals surface area contributed by atoms with Gasteiger partial charge >= 0.3 is 5.97 Å². The minimum atomic E-state index is -0.688. The number of anilines is 1. The van der Waals surface area contributed by atoms with Gasteiger partial charge in [0.25, 0.3) is 5.56 Å². The number of hydrogen-bond acceptors (Lipinski definition) is 6. The number of hydrogen-bond donors (Lipinski definition) is 0. The number of esters is 1. The van der Waals surface area contributed by atoms with E-state index >= 15 is 0 Å². The maximum absolute atomic E-state index is 14.1. The first-order valence-electron chi connectivity index (χ1n) is 13.5. The Balaban J connectivity index is 1.78. The molecular formula is C33H32BrN3O3S. The maximum atomic E-state index is 14.1. The third kappa shape index (κ3) is 5.72. The van der Waals surface area contributed by atoms with Crippen LogP contribution in [0.1, 0.15) is 55.0 Å². The van der Waals surface area contributed by atoms with E-state index < -0.39 is 12.0 Å². The van der Waals surface area contributed by atoms with Crippen molar-refractivity contribution in [2.75, 3.05) is 25.6 Å². The molecule has 3 aromatic carbocycles. The molecule has 41 heavy (non-hydrogen) atoms. The molecule has 1 aliphatic rings. The van der Waals surface area contributed by atoms with E-state index in [-0.39, 0.29) is 12.2 Å². The molecule has 210 valence electrons. The third-order valence-corrected chi connectivity index (χ3v) is 8.66. The molecule has 8 heteroatoms. The third-order valence-electron chi connectivity index (χ3n) is 7.04. The molecule has 0 saturated carbocycles. The normalized spacial score (nSPS) is 15.1. The Morgan fingerprint density at radius 1 is 1.10 bits per heavy atom. The summed E-state index contributed by atoms with van der Waals surface area (Å²) in [5, 5.41) is 0. The largest absolute Gasteiger partial charge is 0.463 e. The molecule has 0 N–H and O–H groups in total. The van der Waals surface area contributed by atoms with Crippen LogP contribution in [0.25, 0.3) is 11.8 Å². The molecule has 6 nitrogen and oxygen atoms in total. The molecule has 5 rings (SSSR count). The van der Waals surface area contributed by atoms with Crippen molar-refractivity contribution < 1.29 is 9.53 Å². The summed E-state index contributed by atoms with van der Waals surface area (Å²) in [7, 11) is 3.97. The number of nitrogens with zero attached hydrogens (tertiary/aromatic N) is 3. The van der Waals surface area contributed by atoms with Gasteiger partial charge in [-0.15, -0.1) is 0 Å². The Kier molecular flexibility index (Phi) is 8.42. The number of carbonyl (C=O) groups is 1. The van der Waals surface area contributed by atoms with Gasteiger partial charge in [-0.1, -0.05) is 85.8 Å². The van der Waals surface area contributed by atoms with E-state index in [1.165, 1.54) is 16.9 Å². The molecular weight excluding hydrogens is 598 g/mol. The number of rotatable bonds is 7. The fraction of sp³-hybridized carbons (Fsp3) is 0.242. The van der Waals surface area contributed by atoms with Crippen LogP contribution in [0, 0.1) is 0 Å². The molecule has 1 aliphatic heterocycles. The van der Waals surface area contributed by atoms with Gasteiger partial charge in [0.15, 0.2) is 4.80 Å². The second-order valence-corrected chi connectivity index (χ2v) is 12.2. The molecule has 4 aromatic rings. The zero-order valence-electron chi connectivity index (χ0n) is 23.7. The highest BCUT2D eigenvalue weighted by Gasteiger charge is 2.35.